The molecule has 4 amide bonds. The van der Waals surface area contributed by atoms with Crippen LogP contribution in [0.4, 0.5) is 35.9 Å². The van der Waals surface area contributed by atoms with E-state index in [4.69, 9.17) is 19.4 Å². The summed E-state index contributed by atoms with van der Waals surface area (Å²) in [5.74, 6) is 0.855. The summed E-state index contributed by atoms with van der Waals surface area (Å²) in [5.41, 5.74) is 5.09. The Kier molecular flexibility index (Phi) is 16.9. The molecule has 1 unspecified atom stereocenters. The highest BCUT2D eigenvalue weighted by Gasteiger charge is 2.54. The van der Waals surface area contributed by atoms with Gasteiger partial charge in [0, 0.05) is 12.1 Å². The van der Waals surface area contributed by atoms with Crippen LogP contribution in [0.25, 0.3) is 33.2 Å². The third-order valence-electron chi connectivity index (χ3n) is 20.4. The highest BCUT2D eigenvalue weighted by atomic mass is 19.4. The summed E-state index contributed by atoms with van der Waals surface area (Å²) in [5, 5.41) is 5.03. The van der Waals surface area contributed by atoms with Crippen molar-refractivity contribution in [1.82, 2.24) is 40.4 Å². The molecule has 87 heavy (non-hydrogen) atoms. The number of carbonyl (C=O) groups excluding carboxylic acids is 4. The van der Waals surface area contributed by atoms with Gasteiger partial charge in [-0.15, -0.1) is 0 Å². The Morgan fingerprint density at radius 1 is 0.644 bits per heavy atom. The third kappa shape index (κ3) is 12.2. The number of hydrogen-bond donors (Lipinski definition) is 4. The van der Waals surface area contributed by atoms with Gasteiger partial charge < -0.3 is 39.9 Å². The van der Waals surface area contributed by atoms with Crippen LogP contribution < -0.4 is 10.6 Å². The molecule has 20 heteroatoms. The Bertz CT molecular complexity index is 3420. The number of nitrogens with one attached hydrogen (secondary N) is 4. The number of alkyl halides is 6. The van der Waals surface area contributed by atoms with Crippen molar-refractivity contribution in [2.75, 3.05) is 0 Å². The molecule has 470 valence electrons. The molecule has 2 aliphatic heterocycles. The number of H-pyrrole nitrogens is 2. The van der Waals surface area contributed by atoms with Crippen LogP contribution in [0.2, 0.25) is 0 Å². The lowest BCUT2D eigenvalue weighted by atomic mass is 9.71. The van der Waals surface area contributed by atoms with Gasteiger partial charge in [-0.25, -0.2) is 19.6 Å². The van der Waals surface area contributed by atoms with Crippen molar-refractivity contribution in [1.29, 1.82) is 0 Å². The maximum Gasteiger partial charge on any atom is 0.427 e. The largest absolute Gasteiger partial charge is 0.434 e. The maximum absolute atomic E-state index is 14.8. The van der Waals surface area contributed by atoms with Gasteiger partial charge in [0.25, 0.3) is 0 Å². The van der Waals surface area contributed by atoms with E-state index in [2.05, 4.69) is 76.1 Å². The van der Waals surface area contributed by atoms with Gasteiger partial charge in [0.2, 0.25) is 23.0 Å². The number of hydrogen-bond acceptors (Lipinski definition) is 8. The van der Waals surface area contributed by atoms with Crippen molar-refractivity contribution < 1.29 is 55.0 Å². The normalized spacial score (nSPS) is 27.0. The lowest BCUT2D eigenvalue weighted by Crippen LogP contribution is -2.55. The number of carbonyl (C=O) groups is 4. The molecule has 14 nitrogen and oxygen atoms in total. The van der Waals surface area contributed by atoms with E-state index in [9.17, 15) is 45.5 Å². The summed E-state index contributed by atoms with van der Waals surface area (Å²) in [6.07, 6.45) is 10.6. The van der Waals surface area contributed by atoms with Crippen LogP contribution in [0.5, 0.6) is 0 Å². The number of benzene rings is 2. The Hall–Kier alpha value is -6.60. The molecule has 4 N–H and O–H groups in total. The fourth-order valence-electron chi connectivity index (χ4n) is 15.3. The Morgan fingerprint density at radius 3 is 1.62 bits per heavy atom. The number of nitrogens with zero attached hydrogens (tertiary/aromatic N) is 4. The molecule has 10 aliphatic rings. The van der Waals surface area contributed by atoms with E-state index in [0.717, 1.165) is 144 Å². The summed E-state index contributed by atoms with van der Waals surface area (Å²) < 4.78 is 92.1. The van der Waals surface area contributed by atoms with E-state index < -0.39 is 71.7 Å². The van der Waals surface area contributed by atoms with Crippen LogP contribution in [-0.2, 0) is 19.1 Å². The van der Waals surface area contributed by atoms with Crippen LogP contribution >= 0.6 is 0 Å². The molecule has 8 aliphatic carbocycles. The number of alkyl carbamates (subject to hydrolysis) is 2. The van der Waals surface area contributed by atoms with E-state index in [1.54, 1.807) is 27.7 Å². The van der Waals surface area contributed by atoms with Crippen LogP contribution in [0.1, 0.15) is 193 Å². The first-order chi connectivity index (χ1) is 41.1. The minimum atomic E-state index is -4.81. The van der Waals surface area contributed by atoms with Crippen molar-refractivity contribution in [2.45, 2.75) is 218 Å². The molecule has 4 fully saturated rings. The number of halogens is 6. The molecule has 14 rings (SSSR count). The number of rotatable bonds is 12. The van der Waals surface area contributed by atoms with Gasteiger partial charge in [-0.2, -0.15) is 26.3 Å². The molecule has 0 spiro atoms. The number of imidazole rings is 2. The predicted octanol–water partition coefficient (Wildman–Crippen LogP) is 15.5. The molecule has 11 atom stereocenters. The number of aromatic amines is 2. The molecule has 2 aromatic heterocycles. The summed E-state index contributed by atoms with van der Waals surface area (Å²) in [4.78, 5) is 76.8. The van der Waals surface area contributed by atoms with Crippen molar-refractivity contribution in [3.8, 4) is 0 Å². The molecule has 2 saturated heterocycles. The number of fused-ring (bicyclic) bond motifs is 4. The molecular formula is C67H84F6N8O6. The monoisotopic (exact) mass is 1210 g/mol. The molecule has 4 aromatic rings. The number of likely N-dealkylation sites (tertiary alicyclic amines) is 2. The zero-order chi connectivity index (χ0) is 62.2. The SMILES string of the molecule is CC(C)[C@H](NC(=O)OC(C)(C)C(F)(F)F)C(=O)N1[C@H](c2nc3ccc(C4=CC5=CC[C@@H]4CC[C@@H]4C=CC(=C(c6ccc7nc([C@@H]8C[C@@H]9CCCC[C@@H]9N8C(=O)[C@@H](NC(=O)OC(C)(C)C(F)(F)F)C(C)C)[nH]c7c6)C4C)CC5)cc3[nH]2)C[C@@H]2CCCC[C@@H]21. The number of aromatic nitrogens is 4. The summed E-state index contributed by atoms with van der Waals surface area (Å²) in [7, 11) is 0. The molecular weight excluding hydrogens is 1130 g/mol. The van der Waals surface area contributed by atoms with E-state index in [-0.39, 0.29) is 53.5 Å². The van der Waals surface area contributed by atoms with Crippen molar-refractivity contribution in [3.63, 3.8) is 0 Å². The van der Waals surface area contributed by atoms with Crippen molar-refractivity contribution in [2.24, 2.45) is 41.4 Å². The Labute approximate surface area is 505 Å². The second-order valence-electron chi connectivity index (χ2n) is 27.6. The zero-order valence-corrected chi connectivity index (χ0v) is 51.4. The molecule has 0 radical (unpaired) electrons. The highest BCUT2D eigenvalue weighted by molar-refractivity contribution is 5.89. The second kappa shape index (κ2) is 23.7. The van der Waals surface area contributed by atoms with Crippen LogP contribution in [0.15, 0.2) is 71.8 Å². The average molecular weight is 1210 g/mol. The number of ether oxygens (including phenoxy) is 2. The van der Waals surface area contributed by atoms with Gasteiger partial charge in [0.1, 0.15) is 23.7 Å². The van der Waals surface area contributed by atoms with E-state index in [1.807, 2.05) is 21.9 Å². The third-order valence-corrected chi connectivity index (χ3v) is 20.4. The van der Waals surface area contributed by atoms with E-state index in [1.165, 1.54) is 22.3 Å². The van der Waals surface area contributed by atoms with Gasteiger partial charge >= 0.3 is 24.5 Å². The first-order valence-electron chi connectivity index (χ1n) is 31.7. The fraction of sp³-hybridized carbons (Fsp3) is 0.612. The Morgan fingerprint density at radius 2 is 1.13 bits per heavy atom. The minimum absolute atomic E-state index is 0.102. The molecule has 2 aromatic carbocycles. The molecule has 4 heterocycles. The van der Waals surface area contributed by atoms with Crippen LogP contribution in [0.3, 0.4) is 0 Å². The predicted molar refractivity (Wildman–Crippen MR) is 320 cm³/mol. The number of amides is 4. The lowest BCUT2D eigenvalue weighted by Gasteiger charge is -2.37. The summed E-state index contributed by atoms with van der Waals surface area (Å²) in [6.45, 7) is 12.5. The van der Waals surface area contributed by atoms with Crippen molar-refractivity contribution >= 4 is 57.2 Å². The highest BCUT2D eigenvalue weighted by Crippen LogP contribution is 2.50. The molecule has 4 bridgehead atoms. The quantitative estimate of drug-likeness (QED) is 0.101. The lowest BCUT2D eigenvalue weighted by molar-refractivity contribution is -0.244. The van der Waals surface area contributed by atoms with Gasteiger partial charge in [0.15, 0.2) is 0 Å². The van der Waals surface area contributed by atoms with Gasteiger partial charge in [-0.05, 0) is 192 Å². The first kappa shape index (κ1) is 62.0. The number of allylic oxidation sites excluding steroid dienone is 8. The van der Waals surface area contributed by atoms with Crippen LogP contribution in [0, 0.1) is 41.4 Å². The second-order valence-corrected chi connectivity index (χ2v) is 27.6. The standard InChI is InChI=1S/C67H84F6N8O6/c1-35(2)56(78-62(84)86-64(6,7)66(68,69)70)60(82)80-51-16-12-10-14-43(51)33-53(80)58-74-47-28-26-42(31-49(47)76-58)46-30-38-18-20-40(46)24-22-39-23-25-41(21-19-38)55(37(39)5)45-27-29-48-50(32-45)77-59(75-48)54-34-44-15-11-13-17-52(44)81(54)61(83)57(36(3)4)79-63(85)87-65(8,9)67(71,72)73/h18,23,25-32,35-37,39-40,43-44,51-54,56-57H,10-17,19-22,24,33-34H2,1-9H3,(H,74,76)(H,75,77)(H,78,84)(H,79,85)/t37?,39-,40-,43+,44+,51+,52+,53+,54+,56+,57+/m1/s1. The van der Waals surface area contributed by atoms with Gasteiger partial charge in [-0.3, -0.25) is 9.59 Å². The average Bonchev–Trinajstić information content (AvgIpc) is 2.12. The topological polar surface area (TPSA) is 175 Å². The van der Waals surface area contributed by atoms with Crippen LogP contribution in [-0.4, -0.2) is 101 Å². The van der Waals surface area contributed by atoms with E-state index >= 15 is 0 Å². The minimum Gasteiger partial charge on any atom is -0.434 e. The summed E-state index contributed by atoms with van der Waals surface area (Å²) >= 11 is 0. The molecule has 2 saturated carbocycles. The smallest absolute Gasteiger partial charge is 0.427 e. The maximum atomic E-state index is 14.8. The zero-order valence-electron chi connectivity index (χ0n) is 51.4. The Balaban J connectivity index is 0.829. The fourth-order valence-corrected chi connectivity index (χ4v) is 15.3. The van der Waals surface area contributed by atoms with E-state index in [0.29, 0.717) is 24.5 Å². The van der Waals surface area contributed by atoms with Gasteiger partial charge in [-0.1, -0.05) is 102 Å². The first-order valence-corrected chi connectivity index (χ1v) is 31.7. The van der Waals surface area contributed by atoms with Gasteiger partial charge in [0.05, 0.1) is 34.2 Å². The summed E-state index contributed by atoms with van der Waals surface area (Å²) in [6, 6.07) is 9.46. The van der Waals surface area contributed by atoms with Crippen molar-refractivity contribution in [3.05, 3.63) is 94.6 Å².